The van der Waals surface area contributed by atoms with E-state index in [1.807, 2.05) is 30.5 Å². The molecule has 0 saturated heterocycles. The van der Waals surface area contributed by atoms with Crippen molar-refractivity contribution in [3.63, 3.8) is 0 Å². The van der Waals surface area contributed by atoms with Gasteiger partial charge in [0.2, 0.25) is 0 Å². The Hall–Kier alpha value is -3.53. The number of nitrogens with two attached hydrogens (primary N) is 1. The number of aromatic nitrogens is 2. The number of nitrogens with zero attached hydrogens (tertiary/aromatic N) is 2. The Balaban J connectivity index is 1.92. The van der Waals surface area contributed by atoms with Crippen molar-refractivity contribution >= 4 is 22.6 Å². The molecule has 0 aliphatic heterocycles. The summed E-state index contributed by atoms with van der Waals surface area (Å²) in [5.41, 5.74) is 7.00. The second-order valence-electron chi connectivity index (χ2n) is 5.47. The van der Waals surface area contributed by atoms with E-state index < -0.39 is 5.56 Å². The molecule has 0 saturated carbocycles. The normalized spacial score (nSPS) is 10.5. The van der Waals surface area contributed by atoms with Crippen LogP contribution in [0, 0.1) is 11.3 Å². The smallest absolute Gasteiger partial charge is 0.267 e. The highest BCUT2D eigenvalue weighted by atomic mass is 16.2. The minimum atomic E-state index is -0.606. The topological polar surface area (TPSA) is 119 Å². The first-order chi connectivity index (χ1) is 11.5. The molecule has 0 bridgehead atoms. The summed E-state index contributed by atoms with van der Waals surface area (Å²) >= 11 is 0. The Kier molecular flexibility index (Phi) is 3.80. The largest absolute Gasteiger partial charge is 0.385 e. The van der Waals surface area contributed by atoms with E-state index in [1.54, 1.807) is 13.1 Å². The zero-order chi connectivity index (χ0) is 17.3. The predicted octanol–water partition coefficient (Wildman–Crippen LogP) is 1.58. The van der Waals surface area contributed by atoms with E-state index in [4.69, 9.17) is 11.0 Å². The van der Waals surface area contributed by atoms with E-state index in [0.717, 1.165) is 16.5 Å². The standard InChI is InChI=1S/C17H15N5O2/c1-22(9-11-4-2-3-10-5-6-20-14(10)11)17(24)13-7-12(8-18)16(23)21-15(13)19/h2-7,20H,9H2,1H3,(H3,19,21,23). The van der Waals surface area contributed by atoms with Crippen molar-refractivity contribution in [2.45, 2.75) is 6.54 Å². The summed E-state index contributed by atoms with van der Waals surface area (Å²) in [6.45, 7) is 0.358. The monoisotopic (exact) mass is 321 g/mol. The number of fused-ring (bicyclic) bond motifs is 1. The lowest BCUT2D eigenvalue weighted by molar-refractivity contribution is 0.0786. The van der Waals surface area contributed by atoms with Gasteiger partial charge in [0, 0.05) is 19.8 Å². The number of carbonyl (C=O) groups excluding carboxylic acids is 1. The first kappa shape index (κ1) is 15.4. The van der Waals surface area contributed by atoms with Crippen molar-refractivity contribution in [1.29, 1.82) is 5.26 Å². The van der Waals surface area contributed by atoms with Gasteiger partial charge < -0.3 is 20.6 Å². The quantitative estimate of drug-likeness (QED) is 0.678. The molecule has 24 heavy (non-hydrogen) atoms. The SMILES string of the molecule is CN(Cc1cccc2cc[nH]c12)C(=O)c1cc(C#N)c(=O)[nH]c1N. The molecule has 0 aliphatic carbocycles. The molecule has 0 atom stereocenters. The summed E-state index contributed by atoms with van der Waals surface area (Å²) in [6.07, 6.45) is 1.84. The van der Waals surface area contributed by atoms with Gasteiger partial charge in [-0.15, -0.1) is 0 Å². The average Bonchev–Trinajstić information content (AvgIpc) is 3.04. The van der Waals surface area contributed by atoms with Gasteiger partial charge in [-0.1, -0.05) is 18.2 Å². The summed E-state index contributed by atoms with van der Waals surface area (Å²) in [7, 11) is 1.64. The second-order valence-corrected chi connectivity index (χ2v) is 5.47. The summed E-state index contributed by atoms with van der Waals surface area (Å²) < 4.78 is 0. The van der Waals surface area contributed by atoms with E-state index in [1.165, 1.54) is 11.0 Å². The number of aromatic amines is 2. The van der Waals surface area contributed by atoms with Crippen LogP contribution in [-0.2, 0) is 6.54 Å². The number of anilines is 1. The van der Waals surface area contributed by atoms with Gasteiger partial charge in [0.25, 0.3) is 11.5 Å². The summed E-state index contributed by atoms with van der Waals surface area (Å²) in [4.78, 5) is 31.1. The second kappa shape index (κ2) is 5.93. The fourth-order valence-corrected chi connectivity index (χ4v) is 2.62. The van der Waals surface area contributed by atoms with Gasteiger partial charge in [0.1, 0.15) is 17.5 Å². The lowest BCUT2D eigenvalue weighted by Crippen LogP contribution is -2.29. The zero-order valence-electron chi connectivity index (χ0n) is 13.0. The fourth-order valence-electron chi connectivity index (χ4n) is 2.62. The molecule has 7 heteroatoms. The van der Waals surface area contributed by atoms with Crippen molar-refractivity contribution in [1.82, 2.24) is 14.9 Å². The lowest BCUT2D eigenvalue weighted by atomic mass is 10.1. The molecule has 1 aromatic carbocycles. The van der Waals surface area contributed by atoms with Crippen LogP contribution >= 0.6 is 0 Å². The molecule has 7 nitrogen and oxygen atoms in total. The minimum absolute atomic E-state index is 0.0473. The molecule has 120 valence electrons. The highest BCUT2D eigenvalue weighted by Gasteiger charge is 2.18. The number of pyridine rings is 1. The summed E-state index contributed by atoms with van der Waals surface area (Å²) in [5.74, 6) is -0.419. The van der Waals surface area contributed by atoms with Gasteiger partial charge in [0.15, 0.2) is 0 Å². The van der Waals surface area contributed by atoms with Crippen LogP contribution < -0.4 is 11.3 Å². The Bertz CT molecular complexity index is 1030. The first-order valence-corrected chi connectivity index (χ1v) is 7.24. The molecule has 2 heterocycles. The zero-order valence-corrected chi connectivity index (χ0v) is 13.0. The maximum atomic E-state index is 12.6. The molecule has 0 radical (unpaired) electrons. The van der Waals surface area contributed by atoms with Crippen LogP contribution in [0.2, 0.25) is 0 Å². The number of H-pyrrole nitrogens is 2. The summed E-state index contributed by atoms with van der Waals surface area (Å²) in [5, 5.41) is 10.0. The van der Waals surface area contributed by atoms with Crippen molar-refractivity contribution in [2.24, 2.45) is 0 Å². The van der Waals surface area contributed by atoms with E-state index in [9.17, 15) is 9.59 Å². The fraction of sp³-hybridized carbons (Fsp3) is 0.118. The number of rotatable bonds is 3. The highest BCUT2D eigenvalue weighted by Crippen LogP contribution is 2.19. The number of hydrogen-bond acceptors (Lipinski definition) is 4. The van der Waals surface area contributed by atoms with Crippen LogP contribution in [0.25, 0.3) is 10.9 Å². The average molecular weight is 321 g/mol. The van der Waals surface area contributed by atoms with Gasteiger partial charge in [0.05, 0.1) is 11.1 Å². The Morgan fingerprint density at radius 1 is 1.38 bits per heavy atom. The molecule has 0 spiro atoms. The predicted molar refractivity (Wildman–Crippen MR) is 90.3 cm³/mol. The van der Waals surface area contributed by atoms with Gasteiger partial charge in [-0.05, 0) is 23.1 Å². The van der Waals surface area contributed by atoms with E-state index in [2.05, 4.69) is 9.97 Å². The third-order valence-corrected chi connectivity index (χ3v) is 3.85. The van der Waals surface area contributed by atoms with Crippen LogP contribution in [0.15, 0.2) is 41.3 Å². The van der Waals surface area contributed by atoms with Crippen LogP contribution in [-0.4, -0.2) is 27.8 Å². The molecule has 2 aromatic heterocycles. The Morgan fingerprint density at radius 3 is 2.92 bits per heavy atom. The van der Waals surface area contributed by atoms with E-state index >= 15 is 0 Å². The number of nitrogens with one attached hydrogen (secondary N) is 2. The molecule has 1 amide bonds. The van der Waals surface area contributed by atoms with E-state index in [-0.39, 0.29) is 22.9 Å². The first-order valence-electron chi connectivity index (χ1n) is 7.24. The number of amides is 1. The number of nitriles is 1. The van der Waals surface area contributed by atoms with Crippen LogP contribution in [0.4, 0.5) is 5.82 Å². The van der Waals surface area contributed by atoms with Crippen molar-refractivity contribution in [2.75, 3.05) is 12.8 Å². The third kappa shape index (κ3) is 2.61. The maximum absolute atomic E-state index is 12.6. The Labute approximate surface area is 137 Å². The molecule has 0 aliphatic rings. The maximum Gasteiger partial charge on any atom is 0.267 e. The molecule has 4 N–H and O–H groups in total. The van der Waals surface area contributed by atoms with Crippen LogP contribution in [0.3, 0.4) is 0 Å². The van der Waals surface area contributed by atoms with Crippen LogP contribution in [0.1, 0.15) is 21.5 Å². The molecule has 0 fully saturated rings. The summed E-state index contributed by atoms with van der Waals surface area (Å²) in [6, 6.07) is 10.8. The van der Waals surface area contributed by atoms with Gasteiger partial charge in [-0.3, -0.25) is 9.59 Å². The number of hydrogen-bond donors (Lipinski definition) is 3. The van der Waals surface area contributed by atoms with Crippen molar-refractivity contribution in [3.8, 4) is 6.07 Å². The Morgan fingerprint density at radius 2 is 2.17 bits per heavy atom. The number of carbonyl (C=O) groups is 1. The minimum Gasteiger partial charge on any atom is -0.385 e. The molecule has 3 rings (SSSR count). The molecule has 0 unspecified atom stereocenters. The number of para-hydroxylation sites is 1. The van der Waals surface area contributed by atoms with Gasteiger partial charge in [-0.2, -0.15) is 5.26 Å². The highest BCUT2D eigenvalue weighted by molar-refractivity contribution is 5.98. The van der Waals surface area contributed by atoms with Crippen LogP contribution in [0.5, 0.6) is 0 Å². The van der Waals surface area contributed by atoms with E-state index in [0.29, 0.717) is 6.54 Å². The number of benzene rings is 1. The lowest BCUT2D eigenvalue weighted by Gasteiger charge is -2.18. The molecule has 3 aromatic rings. The van der Waals surface area contributed by atoms with Gasteiger partial charge >= 0.3 is 0 Å². The van der Waals surface area contributed by atoms with Gasteiger partial charge in [-0.25, -0.2) is 0 Å². The number of nitrogen functional groups attached to an aromatic ring is 1. The van der Waals surface area contributed by atoms with Crippen molar-refractivity contribution < 1.29 is 4.79 Å². The third-order valence-electron chi connectivity index (χ3n) is 3.85. The molecular weight excluding hydrogens is 306 g/mol. The molecular formula is C17H15N5O2. The van der Waals surface area contributed by atoms with Crippen molar-refractivity contribution in [3.05, 3.63) is 63.6 Å².